The Morgan fingerprint density at radius 1 is 1.24 bits per heavy atom. The third kappa shape index (κ3) is 7.88. The molecule has 140 valence electrons. The fraction of sp³-hybridized carbons (Fsp3) is 0.650. The van der Waals surface area contributed by atoms with Gasteiger partial charge in [-0.1, -0.05) is 37.3 Å². The van der Waals surface area contributed by atoms with Gasteiger partial charge in [0.05, 0.1) is 0 Å². The largest absolute Gasteiger partial charge is 0.381 e. The van der Waals surface area contributed by atoms with E-state index >= 15 is 0 Å². The fourth-order valence-corrected chi connectivity index (χ4v) is 2.91. The van der Waals surface area contributed by atoms with Gasteiger partial charge in [-0.15, -0.1) is 0 Å². The van der Waals surface area contributed by atoms with Gasteiger partial charge in [-0.05, 0) is 36.7 Å². The number of aliphatic imine (C=N–C) groups is 1. The lowest BCUT2D eigenvalue weighted by Gasteiger charge is -2.21. The Balaban J connectivity index is 1.53. The molecular formula is C20H33N3O2. The van der Waals surface area contributed by atoms with Crippen molar-refractivity contribution in [2.75, 3.05) is 46.6 Å². The number of ether oxygens (including phenoxy) is 2. The molecule has 0 radical (unpaired) electrons. The second-order valence-electron chi connectivity index (χ2n) is 6.68. The molecule has 0 amide bonds. The topological polar surface area (TPSA) is 54.9 Å². The van der Waals surface area contributed by atoms with Crippen molar-refractivity contribution in [1.82, 2.24) is 10.6 Å². The van der Waals surface area contributed by atoms with Crippen LogP contribution in [0.3, 0.4) is 0 Å². The Morgan fingerprint density at radius 2 is 2.00 bits per heavy atom. The summed E-state index contributed by atoms with van der Waals surface area (Å²) in [5.74, 6) is 1.98. The second kappa shape index (κ2) is 11.9. The molecule has 25 heavy (non-hydrogen) atoms. The molecule has 0 aliphatic carbocycles. The van der Waals surface area contributed by atoms with Gasteiger partial charge in [-0.25, -0.2) is 0 Å². The molecule has 1 heterocycles. The average molecular weight is 348 g/mol. The quantitative estimate of drug-likeness (QED) is 0.410. The van der Waals surface area contributed by atoms with Gasteiger partial charge in [0.25, 0.3) is 0 Å². The van der Waals surface area contributed by atoms with Crippen molar-refractivity contribution in [2.45, 2.75) is 32.1 Å². The summed E-state index contributed by atoms with van der Waals surface area (Å²) in [6, 6.07) is 10.5. The van der Waals surface area contributed by atoms with Gasteiger partial charge in [-0.3, -0.25) is 4.99 Å². The van der Waals surface area contributed by atoms with Gasteiger partial charge in [0, 0.05) is 46.6 Å². The van der Waals surface area contributed by atoms with Crippen molar-refractivity contribution < 1.29 is 9.47 Å². The molecule has 1 aromatic rings. The molecule has 1 aliphatic rings. The van der Waals surface area contributed by atoms with Crippen LogP contribution in [0.1, 0.15) is 37.7 Å². The van der Waals surface area contributed by atoms with E-state index in [9.17, 15) is 0 Å². The minimum atomic E-state index is 0.447. The van der Waals surface area contributed by atoms with Crippen LogP contribution >= 0.6 is 0 Å². The molecule has 0 aromatic heterocycles. The lowest BCUT2D eigenvalue weighted by molar-refractivity contribution is 0.0203. The monoisotopic (exact) mass is 347 g/mol. The Hall–Kier alpha value is -1.59. The van der Waals surface area contributed by atoms with E-state index in [0.717, 1.165) is 64.7 Å². The highest BCUT2D eigenvalue weighted by molar-refractivity contribution is 5.79. The summed E-state index contributed by atoms with van der Waals surface area (Å²) in [5, 5.41) is 6.75. The average Bonchev–Trinajstić information content (AvgIpc) is 2.68. The molecule has 2 N–H and O–H groups in total. The summed E-state index contributed by atoms with van der Waals surface area (Å²) in [5.41, 5.74) is 1.34. The minimum Gasteiger partial charge on any atom is -0.381 e. The van der Waals surface area contributed by atoms with Crippen LogP contribution in [-0.2, 0) is 9.47 Å². The van der Waals surface area contributed by atoms with Crippen LogP contribution in [0, 0.1) is 5.92 Å². The zero-order valence-corrected chi connectivity index (χ0v) is 15.7. The van der Waals surface area contributed by atoms with Crippen LogP contribution in [0.4, 0.5) is 0 Å². The Morgan fingerprint density at radius 3 is 2.72 bits per heavy atom. The minimum absolute atomic E-state index is 0.447. The van der Waals surface area contributed by atoms with Crippen molar-refractivity contribution in [1.29, 1.82) is 0 Å². The molecular weight excluding hydrogens is 314 g/mol. The van der Waals surface area contributed by atoms with E-state index in [1.54, 1.807) is 0 Å². The van der Waals surface area contributed by atoms with Gasteiger partial charge in [0.15, 0.2) is 5.96 Å². The smallest absolute Gasteiger partial charge is 0.190 e. The maximum absolute atomic E-state index is 5.79. The summed E-state index contributed by atoms with van der Waals surface area (Å²) < 4.78 is 11.2. The first-order valence-electron chi connectivity index (χ1n) is 9.44. The van der Waals surface area contributed by atoms with Crippen molar-refractivity contribution in [3.8, 4) is 0 Å². The van der Waals surface area contributed by atoms with Gasteiger partial charge in [0.2, 0.25) is 0 Å². The molecule has 1 aromatic carbocycles. The predicted molar refractivity (Wildman–Crippen MR) is 103 cm³/mol. The number of hydrogen-bond acceptors (Lipinski definition) is 3. The Bertz CT molecular complexity index is 487. The second-order valence-corrected chi connectivity index (χ2v) is 6.68. The summed E-state index contributed by atoms with van der Waals surface area (Å²) >= 11 is 0. The molecule has 1 fully saturated rings. The van der Waals surface area contributed by atoms with Gasteiger partial charge >= 0.3 is 0 Å². The van der Waals surface area contributed by atoms with Crippen LogP contribution in [0.25, 0.3) is 0 Å². The lowest BCUT2D eigenvalue weighted by Crippen LogP contribution is -2.39. The molecule has 1 saturated heterocycles. The van der Waals surface area contributed by atoms with Gasteiger partial charge < -0.3 is 20.1 Å². The summed E-state index contributed by atoms with van der Waals surface area (Å²) in [6.45, 7) is 7.39. The first-order valence-corrected chi connectivity index (χ1v) is 9.44. The molecule has 1 unspecified atom stereocenters. The molecule has 0 bridgehead atoms. The van der Waals surface area contributed by atoms with E-state index in [4.69, 9.17) is 9.47 Å². The molecule has 5 nitrogen and oxygen atoms in total. The predicted octanol–water partition coefficient (Wildman–Crippen LogP) is 2.79. The number of nitrogens with one attached hydrogen (secondary N) is 2. The number of nitrogens with zero attached hydrogens (tertiary/aromatic N) is 1. The normalized spacial score (nSPS) is 17.3. The van der Waals surface area contributed by atoms with E-state index in [0.29, 0.717) is 11.8 Å². The van der Waals surface area contributed by atoms with Crippen LogP contribution in [0.2, 0.25) is 0 Å². The summed E-state index contributed by atoms with van der Waals surface area (Å²) in [6.07, 6.45) is 3.25. The van der Waals surface area contributed by atoms with Crippen molar-refractivity contribution in [3.63, 3.8) is 0 Å². The van der Waals surface area contributed by atoms with E-state index < -0.39 is 0 Å². The molecule has 2 rings (SSSR count). The first kappa shape index (κ1) is 19.7. The van der Waals surface area contributed by atoms with Crippen molar-refractivity contribution in [3.05, 3.63) is 35.9 Å². The zero-order chi connectivity index (χ0) is 17.7. The van der Waals surface area contributed by atoms with E-state index in [1.807, 2.05) is 13.1 Å². The standard InChI is InChI=1S/C20H33N3O2/c1-17(19-7-4-3-5-8-19)15-23-20(21-2)22-11-6-12-25-16-18-9-13-24-14-10-18/h3-5,7-8,17-18H,6,9-16H2,1-2H3,(H2,21,22,23). The van der Waals surface area contributed by atoms with Gasteiger partial charge in [0.1, 0.15) is 0 Å². The third-order valence-electron chi connectivity index (χ3n) is 4.62. The van der Waals surface area contributed by atoms with Gasteiger partial charge in [-0.2, -0.15) is 0 Å². The maximum atomic E-state index is 5.79. The van der Waals surface area contributed by atoms with E-state index in [1.165, 1.54) is 5.56 Å². The van der Waals surface area contributed by atoms with Crippen LogP contribution in [0.5, 0.6) is 0 Å². The SMILES string of the molecule is CN=C(NCCCOCC1CCOCC1)NCC(C)c1ccccc1. The highest BCUT2D eigenvalue weighted by Gasteiger charge is 2.13. The number of rotatable bonds is 9. The van der Waals surface area contributed by atoms with Crippen LogP contribution in [-0.4, -0.2) is 52.5 Å². The molecule has 5 heteroatoms. The fourth-order valence-electron chi connectivity index (χ4n) is 2.91. The summed E-state index contributed by atoms with van der Waals surface area (Å²) in [7, 11) is 1.81. The van der Waals surface area contributed by atoms with Crippen LogP contribution < -0.4 is 10.6 Å². The lowest BCUT2D eigenvalue weighted by atomic mass is 10.0. The molecule has 0 saturated carbocycles. The summed E-state index contributed by atoms with van der Waals surface area (Å²) in [4.78, 5) is 4.28. The Kier molecular flexibility index (Phi) is 9.37. The molecule has 1 aliphatic heterocycles. The maximum Gasteiger partial charge on any atom is 0.190 e. The highest BCUT2D eigenvalue weighted by Crippen LogP contribution is 2.14. The molecule has 1 atom stereocenters. The van der Waals surface area contributed by atoms with E-state index in [2.05, 4.69) is 46.8 Å². The third-order valence-corrected chi connectivity index (χ3v) is 4.62. The van der Waals surface area contributed by atoms with Crippen molar-refractivity contribution >= 4 is 5.96 Å². The number of guanidine groups is 1. The number of hydrogen-bond donors (Lipinski definition) is 2. The van der Waals surface area contributed by atoms with Crippen molar-refractivity contribution in [2.24, 2.45) is 10.9 Å². The van der Waals surface area contributed by atoms with Crippen LogP contribution in [0.15, 0.2) is 35.3 Å². The highest BCUT2D eigenvalue weighted by atomic mass is 16.5. The first-order chi connectivity index (χ1) is 12.3. The Labute approximate surface area is 152 Å². The number of benzene rings is 1. The van der Waals surface area contributed by atoms with E-state index in [-0.39, 0.29) is 0 Å². The molecule has 0 spiro atoms. The zero-order valence-electron chi connectivity index (χ0n) is 15.7.